The zero-order chi connectivity index (χ0) is 20.2. The van der Waals surface area contributed by atoms with Crippen LogP contribution in [-0.4, -0.2) is 20.9 Å². The minimum absolute atomic E-state index is 0.131. The number of hydrogen-bond acceptors (Lipinski definition) is 4. The first-order valence-electron chi connectivity index (χ1n) is 10.2. The van der Waals surface area contributed by atoms with E-state index in [1.807, 2.05) is 30.3 Å². The molecule has 1 aromatic heterocycles. The lowest BCUT2D eigenvalue weighted by Crippen LogP contribution is -2.59. The molecular weight excluding hydrogens is 390 g/mol. The molecule has 2 unspecified atom stereocenters. The van der Waals surface area contributed by atoms with E-state index < -0.39 is 11.5 Å². The van der Waals surface area contributed by atoms with Gasteiger partial charge in [0.15, 0.2) is 0 Å². The predicted molar refractivity (Wildman–Crippen MR) is 111 cm³/mol. The molecule has 6 nitrogen and oxygen atoms in total. The fourth-order valence-electron chi connectivity index (χ4n) is 6.71. The molecule has 6 rings (SSSR count). The van der Waals surface area contributed by atoms with Crippen LogP contribution in [0.1, 0.15) is 44.9 Å². The maximum absolute atomic E-state index is 13.2. The monoisotopic (exact) mass is 413 g/mol. The van der Waals surface area contributed by atoms with Gasteiger partial charge in [0.05, 0.1) is 23.8 Å². The molecule has 2 atom stereocenters. The number of rotatable bonds is 5. The zero-order valence-corrected chi connectivity index (χ0v) is 16.9. The van der Waals surface area contributed by atoms with E-state index in [9.17, 15) is 14.7 Å². The smallest absolute Gasteiger partial charge is 0.303 e. The number of carboxylic acid groups (broad SMARTS) is 1. The molecule has 0 saturated heterocycles. The van der Waals surface area contributed by atoms with E-state index in [0.29, 0.717) is 23.9 Å². The molecule has 4 fully saturated rings. The summed E-state index contributed by atoms with van der Waals surface area (Å²) in [5.41, 5.74) is 0.406. The number of carbonyl (C=O) groups is 1. The van der Waals surface area contributed by atoms with E-state index in [4.69, 9.17) is 11.6 Å². The van der Waals surface area contributed by atoms with E-state index in [2.05, 4.69) is 10.4 Å². The summed E-state index contributed by atoms with van der Waals surface area (Å²) < 4.78 is 1.58. The average Bonchev–Trinajstić information content (AvgIpc) is 2.64. The number of para-hydroxylation sites is 1. The van der Waals surface area contributed by atoms with Crippen LogP contribution in [0.3, 0.4) is 0 Å². The van der Waals surface area contributed by atoms with E-state index in [-0.39, 0.29) is 22.4 Å². The van der Waals surface area contributed by atoms with Crippen LogP contribution in [0.2, 0.25) is 5.02 Å². The van der Waals surface area contributed by atoms with Crippen LogP contribution >= 0.6 is 11.6 Å². The molecule has 0 spiro atoms. The molecule has 4 bridgehead atoms. The molecule has 4 aliphatic rings. The number of benzene rings is 1. The van der Waals surface area contributed by atoms with Gasteiger partial charge in [0.2, 0.25) is 0 Å². The van der Waals surface area contributed by atoms with E-state index in [1.165, 1.54) is 0 Å². The summed E-state index contributed by atoms with van der Waals surface area (Å²) >= 11 is 6.48. The second-order valence-electron chi connectivity index (χ2n) is 9.34. The number of aromatic nitrogens is 2. The summed E-state index contributed by atoms with van der Waals surface area (Å²) in [7, 11) is 0. The Morgan fingerprint density at radius 2 is 1.90 bits per heavy atom. The summed E-state index contributed by atoms with van der Waals surface area (Å²) in [6, 6.07) is 9.53. The SMILES string of the molecule is O=C(O)CC12CC3CC(C1)CC(n1ncc(Nc4ccccc4)c(Cl)c1=O)(C3)C2. The van der Waals surface area contributed by atoms with Gasteiger partial charge in [0, 0.05) is 5.69 Å². The number of nitrogens with one attached hydrogen (secondary N) is 1. The third-order valence-corrected chi connectivity index (χ3v) is 7.46. The molecule has 152 valence electrons. The van der Waals surface area contributed by atoms with Crippen LogP contribution in [0.5, 0.6) is 0 Å². The van der Waals surface area contributed by atoms with Crippen LogP contribution in [0.25, 0.3) is 0 Å². The molecule has 7 heteroatoms. The first kappa shape index (κ1) is 18.7. The Morgan fingerprint density at radius 3 is 2.55 bits per heavy atom. The molecule has 29 heavy (non-hydrogen) atoms. The Morgan fingerprint density at radius 1 is 1.21 bits per heavy atom. The van der Waals surface area contributed by atoms with E-state index in [0.717, 1.165) is 37.8 Å². The number of halogens is 1. The Hall–Kier alpha value is -2.34. The standard InChI is InChI=1S/C22H24ClN3O3/c23-19-17(25-16-4-2-1-3-5-16)12-24-26(20(19)29)22-9-14-6-15(10-22)8-21(7-14,13-22)11-18(27)28/h1-5,12,14-15,25H,6-11,13H2,(H,27,28). The number of aliphatic carboxylic acids is 1. The van der Waals surface area contributed by atoms with Crippen LogP contribution in [0.4, 0.5) is 11.4 Å². The Labute approximate surface area is 173 Å². The lowest BCUT2D eigenvalue weighted by atomic mass is 9.46. The first-order valence-corrected chi connectivity index (χ1v) is 10.6. The Balaban J connectivity index is 1.51. The summed E-state index contributed by atoms with van der Waals surface area (Å²) in [6.45, 7) is 0. The number of nitrogens with zero attached hydrogens (tertiary/aromatic N) is 2. The van der Waals surface area contributed by atoms with Crippen molar-refractivity contribution in [1.29, 1.82) is 0 Å². The highest BCUT2D eigenvalue weighted by Crippen LogP contribution is 2.65. The molecule has 0 radical (unpaired) electrons. The normalized spacial score (nSPS) is 32.3. The minimum atomic E-state index is -0.747. The maximum atomic E-state index is 13.2. The zero-order valence-electron chi connectivity index (χ0n) is 16.1. The van der Waals surface area contributed by atoms with Crippen molar-refractivity contribution in [2.24, 2.45) is 17.3 Å². The second kappa shape index (κ2) is 6.59. The van der Waals surface area contributed by atoms with Crippen molar-refractivity contribution in [2.45, 2.75) is 50.5 Å². The molecule has 2 aromatic rings. The molecule has 0 aliphatic heterocycles. The highest BCUT2D eigenvalue weighted by Gasteiger charge is 2.59. The summed E-state index contributed by atoms with van der Waals surface area (Å²) in [4.78, 5) is 24.8. The van der Waals surface area contributed by atoms with Gasteiger partial charge in [-0.3, -0.25) is 9.59 Å². The maximum Gasteiger partial charge on any atom is 0.303 e. The highest BCUT2D eigenvalue weighted by atomic mass is 35.5. The van der Waals surface area contributed by atoms with Crippen molar-refractivity contribution in [2.75, 3.05) is 5.32 Å². The largest absolute Gasteiger partial charge is 0.481 e. The molecule has 1 aromatic carbocycles. The minimum Gasteiger partial charge on any atom is -0.481 e. The van der Waals surface area contributed by atoms with Crippen LogP contribution in [0, 0.1) is 17.3 Å². The van der Waals surface area contributed by atoms with Crippen molar-refractivity contribution in [3.63, 3.8) is 0 Å². The van der Waals surface area contributed by atoms with Gasteiger partial charge >= 0.3 is 5.97 Å². The topological polar surface area (TPSA) is 84.2 Å². The average molecular weight is 414 g/mol. The fraction of sp³-hybridized carbons (Fsp3) is 0.500. The van der Waals surface area contributed by atoms with Gasteiger partial charge in [-0.25, -0.2) is 4.68 Å². The Bertz CT molecular complexity index is 1010. The molecule has 2 N–H and O–H groups in total. The summed E-state index contributed by atoms with van der Waals surface area (Å²) in [6.07, 6.45) is 7.32. The molecular formula is C22H24ClN3O3. The quantitative estimate of drug-likeness (QED) is 0.758. The third kappa shape index (κ3) is 3.14. The van der Waals surface area contributed by atoms with Gasteiger partial charge in [0.25, 0.3) is 5.56 Å². The van der Waals surface area contributed by atoms with Gasteiger partial charge in [-0.05, 0) is 67.9 Å². The summed E-state index contributed by atoms with van der Waals surface area (Å²) in [5, 5.41) is 17.3. The van der Waals surface area contributed by atoms with Crippen molar-refractivity contribution >= 4 is 28.9 Å². The number of hydrogen-bond donors (Lipinski definition) is 2. The van der Waals surface area contributed by atoms with Crippen molar-refractivity contribution in [1.82, 2.24) is 9.78 Å². The number of anilines is 2. The van der Waals surface area contributed by atoms with Crippen molar-refractivity contribution < 1.29 is 9.90 Å². The summed E-state index contributed by atoms with van der Waals surface area (Å²) in [5.74, 6) is 0.179. The van der Waals surface area contributed by atoms with Gasteiger partial charge in [-0.2, -0.15) is 5.10 Å². The lowest BCUT2D eigenvalue weighted by molar-refractivity contribution is -0.151. The lowest BCUT2D eigenvalue weighted by Gasteiger charge is -2.61. The molecule has 4 saturated carbocycles. The fourth-order valence-corrected chi connectivity index (χ4v) is 6.89. The van der Waals surface area contributed by atoms with E-state index >= 15 is 0 Å². The van der Waals surface area contributed by atoms with Gasteiger partial charge < -0.3 is 10.4 Å². The van der Waals surface area contributed by atoms with Gasteiger partial charge in [-0.1, -0.05) is 29.8 Å². The number of carboxylic acids is 1. The van der Waals surface area contributed by atoms with Crippen LogP contribution in [-0.2, 0) is 10.3 Å². The van der Waals surface area contributed by atoms with Crippen LogP contribution < -0.4 is 10.9 Å². The predicted octanol–water partition coefficient (Wildman–Crippen LogP) is 4.41. The van der Waals surface area contributed by atoms with Gasteiger partial charge in [0.1, 0.15) is 5.02 Å². The highest BCUT2D eigenvalue weighted by molar-refractivity contribution is 6.33. The molecule has 4 aliphatic carbocycles. The Kier molecular flexibility index (Phi) is 4.24. The van der Waals surface area contributed by atoms with Gasteiger partial charge in [-0.15, -0.1) is 0 Å². The first-order chi connectivity index (χ1) is 13.9. The van der Waals surface area contributed by atoms with Crippen molar-refractivity contribution in [3.05, 3.63) is 51.9 Å². The second-order valence-corrected chi connectivity index (χ2v) is 9.71. The van der Waals surface area contributed by atoms with E-state index in [1.54, 1.807) is 10.9 Å². The third-order valence-electron chi connectivity index (χ3n) is 7.10. The molecule has 1 heterocycles. The van der Waals surface area contributed by atoms with Crippen molar-refractivity contribution in [3.8, 4) is 0 Å². The van der Waals surface area contributed by atoms with Crippen LogP contribution in [0.15, 0.2) is 41.3 Å². The molecule has 0 amide bonds.